The Kier molecular flexibility index (Phi) is 7.27. The molecule has 0 spiro atoms. The van der Waals surface area contributed by atoms with Crippen LogP contribution in [0.25, 0.3) is 6.08 Å². The highest BCUT2D eigenvalue weighted by molar-refractivity contribution is 5.93. The minimum atomic E-state index is 0. The van der Waals surface area contributed by atoms with Gasteiger partial charge >= 0.3 is 0 Å². The summed E-state index contributed by atoms with van der Waals surface area (Å²) in [4.78, 5) is 17.3. The molecule has 3 rings (SSSR count). The van der Waals surface area contributed by atoms with E-state index >= 15 is 0 Å². The minimum absolute atomic E-state index is 0. The van der Waals surface area contributed by atoms with E-state index in [0.29, 0.717) is 12.1 Å². The van der Waals surface area contributed by atoms with Crippen molar-refractivity contribution in [3.63, 3.8) is 0 Å². The fourth-order valence-electron chi connectivity index (χ4n) is 3.75. The van der Waals surface area contributed by atoms with Crippen molar-refractivity contribution < 1.29 is 4.79 Å². The van der Waals surface area contributed by atoms with Gasteiger partial charge in [0.05, 0.1) is 0 Å². The number of halogens is 1. The summed E-state index contributed by atoms with van der Waals surface area (Å²) in [6.07, 6.45) is 11.6. The highest BCUT2D eigenvalue weighted by atomic mass is 35.5. The van der Waals surface area contributed by atoms with Gasteiger partial charge in [0.25, 0.3) is 5.91 Å². The Balaban J connectivity index is 0.00000225. The number of amides is 1. The molecule has 1 aromatic carbocycles. The fraction of sp³-hybridized carbons (Fsp3) is 0.476. The van der Waals surface area contributed by atoms with Crippen LogP contribution in [-0.4, -0.2) is 41.4 Å². The molecule has 0 radical (unpaired) electrons. The third kappa shape index (κ3) is 4.74. The first kappa shape index (κ1) is 19.7. The second kappa shape index (κ2) is 9.21. The summed E-state index contributed by atoms with van der Waals surface area (Å²) >= 11 is 0. The molecule has 1 saturated heterocycles. The number of carbonyl (C=O) groups excluding carboxylic acids is 1. The molecule has 0 aromatic heterocycles. The molecule has 3 nitrogen and oxygen atoms in total. The van der Waals surface area contributed by atoms with Crippen LogP contribution in [0.2, 0.25) is 0 Å². The van der Waals surface area contributed by atoms with Gasteiger partial charge in [-0.15, -0.1) is 12.4 Å². The van der Waals surface area contributed by atoms with Crippen LogP contribution in [0.15, 0.2) is 48.2 Å². The highest BCUT2D eigenvalue weighted by Gasteiger charge is 2.35. The van der Waals surface area contributed by atoms with Crippen molar-refractivity contribution >= 4 is 24.4 Å². The van der Waals surface area contributed by atoms with Gasteiger partial charge in [-0.1, -0.05) is 43.7 Å². The van der Waals surface area contributed by atoms with E-state index < -0.39 is 0 Å². The summed E-state index contributed by atoms with van der Waals surface area (Å²) in [5.74, 6) is 0.113. The maximum Gasteiger partial charge on any atom is 0.250 e. The lowest BCUT2D eigenvalue weighted by Gasteiger charge is -2.35. The summed E-state index contributed by atoms with van der Waals surface area (Å²) in [5, 5.41) is 0. The lowest BCUT2D eigenvalue weighted by Crippen LogP contribution is -2.40. The van der Waals surface area contributed by atoms with Gasteiger partial charge in [0, 0.05) is 36.8 Å². The zero-order valence-electron chi connectivity index (χ0n) is 15.2. The summed E-state index contributed by atoms with van der Waals surface area (Å²) in [7, 11) is 2.21. The van der Waals surface area contributed by atoms with E-state index in [-0.39, 0.29) is 18.3 Å². The monoisotopic (exact) mass is 360 g/mol. The van der Waals surface area contributed by atoms with E-state index in [1.807, 2.05) is 41.3 Å². The van der Waals surface area contributed by atoms with Crippen LogP contribution < -0.4 is 0 Å². The van der Waals surface area contributed by atoms with Crippen molar-refractivity contribution in [2.45, 2.75) is 51.1 Å². The predicted molar refractivity (Wildman–Crippen MR) is 107 cm³/mol. The number of benzene rings is 1. The third-order valence-corrected chi connectivity index (χ3v) is 5.29. The number of nitrogens with zero attached hydrogens (tertiary/aromatic N) is 2. The normalized spacial score (nSPS) is 22.6. The van der Waals surface area contributed by atoms with Crippen molar-refractivity contribution in [1.82, 2.24) is 9.80 Å². The number of hydrogen-bond donors (Lipinski definition) is 0. The first-order chi connectivity index (χ1) is 11.7. The van der Waals surface area contributed by atoms with E-state index in [2.05, 4.69) is 24.9 Å². The maximum absolute atomic E-state index is 12.8. The average molecular weight is 361 g/mol. The van der Waals surface area contributed by atoms with Crippen molar-refractivity contribution in [2.24, 2.45) is 0 Å². The van der Waals surface area contributed by atoms with Gasteiger partial charge in [0.1, 0.15) is 0 Å². The highest BCUT2D eigenvalue weighted by Crippen LogP contribution is 2.34. The largest absolute Gasteiger partial charge is 0.313 e. The molecular formula is C21H29ClN2O. The Hall–Kier alpha value is -1.58. The molecule has 2 unspecified atom stereocenters. The topological polar surface area (TPSA) is 23.6 Å². The first-order valence-corrected chi connectivity index (χ1v) is 9.16. The lowest BCUT2D eigenvalue weighted by molar-refractivity contribution is -0.124. The van der Waals surface area contributed by atoms with Gasteiger partial charge in [-0.25, -0.2) is 0 Å². The van der Waals surface area contributed by atoms with E-state index in [0.717, 1.165) is 31.4 Å². The first-order valence-electron chi connectivity index (χ1n) is 9.16. The van der Waals surface area contributed by atoms with Crippen LogP contribution in [0, 0.1) is 0 Å². The van der Waals surface area contributed by atoms with E-state index in [4.69, 9.17) is 0 Å². The molecule has 2 bridgehead atoms. The zero-order chi connectivity index (χ0) is 16.9. The maximum atomic E-state index is 12.8. The summed E-state index contributed by atoms with van der Waals surface area (Å²) < 4.78 is 0. The molecule has 136 valence electrons. The fourth-order valence-corrected chi connectivity index (χ4v) is 3.75. The second-order valence-corrected chi connectivity index (χ2v) is 6.91. The van der Waals surface area contributed by atoms with E-state index in [1.165, 1.54) is 18.5 Å². The molecule has 2 aliphatic rings. The Morgan fingerprint density at radius 2 is 2.04 bits per heavy atom. The SMILES string of the molecule is CCCCN(C(=O)/C=C/c1ccccc1)C1=CC2CCC(C1)N2C.Cl. The predicted octanol–water partition coefficient (Wildman–Crippen LogP) is 4.50. The van der Waals surface area contributed by atoms with Gasteiger partial charge in [-0.2, -0.15) is 0 Å². The molecule has 1 amide bonds. The van der Waals surface area contributed by atoms with Crippen molar-refractivity contribution in [3.8, 4) is 0 Å². The smallest absolute Gasteiger partial charge is 0.250 e. The average Bonchev–Trinajstić information content (AvgIpc) is 2.82. The van der Waals surface area contributed by atoms with Crippen LogP contribution in [0.1, 0.15) is 44.6 Å². The molecule has 1 fully saturated rings. The number of rotatable bonds is 6. The standard InChI is InChI=1S/C21H28N2O.ClH/c1-3-4-14-23(20-15-18-11-12-19(16-20)22(18)2)21(24)13-10-17-8-6-5-7-9-17;/h5-10,13,15,18-19H,3-4,11-12,14,16H2,1-2H3;1H/b13-10+;. The number of fused-ring (bicyclic) bond motifs is 2. The Labute approximate surface area is 157 Å². The summed E-state index contributed by atoms with van der Waals surface area (Å²) in [6.45, 7) is 3.00. The summed E-state index contributed by atoms with van der Waals surface area (Å²) in [6, 6.07) is 11.1. The summed E-state index contributed by atoms with van der Waals surface area (Å²) in [5.41, 5.74) is 2.30. The molecule has 0 saturated carbocycles. The molecule has 0 aliphatic carbocycles. The van der Waals surface area contributed by atoms with Gasteiger partial charge in [-0.05, 0) is 44.0 Å². The van der Waals surface area contributed by atoms with Gasteiger partial charge in [0.15, 0.2) is 0 Å². The molecule has 2 atom stereocenters. The number of likely N-dealkylation sites (N-methyl/N-ethyl adjacent to an activating group) is 1. The van der Waals surface area contributed by atoms with Gasteiger partial charge in [0.2, 0.25) is 0 Å². The van der Waals surface area contributed by atoms with Crippen LogP contribution in [0.3, 0.4) is 0 Å². The second-order valence-electron chi connectivity index (χ2n) is 6.91. The van der Waals surface area contributed by atoms with Crippen LogP contribution in [0.4, 0.5) is 0 Å². The van der Waals surface area contributed by atoms with Gasteiger partial charge < -0.3 is 4.90 Å². The Bertz CT molecular complexity index is 626. The number of hydrogen-bond acceptors (Lipinski definition) is 2. The van der Waals surface area contributed by atoms with E-state index in [9.17, 15) is 4.79 Å². The van der Waals surface area contributed by atoms with Gasteiger partial charge in [-0.3, -0.25) is 9.69 Å². The van der Waals surface area contributed by atoms with E-state index in [1.54, 1.807) is 6.08 Å². The van der Waals surface area contributed by atoms with Crippen LogP contribution in [0.5, 0.6) is 0 Å². The Morgan fingerprint density at radius 3 is 2.72 bits per heavy atom. The molecule has 2 aliphatic heterocycles. The van der Waals surface area contributed by atoms with Crippen molar-refractivity contribution in [3.05, 3.63) is 53.7 Å². The van der Waals surface area contributed by atoms with Crippen LogP contribution in [-0.2, 0) is 4.79 Å². The lowest BCUT2D eigenvalue weighted by atomic mass is 10.1. The van der Waals surface area contributed by atoms with Crippen molar-refractivity contribution in [1.29, 1.82) is 0 Å². The quantitative estimate of drug-likeness (QED) is 0.697. The zero-order valence-corrected chi connectivity index (χ0v) is 16.0. The molecular weight excluding hydrogens is 332 g/mol. The number of unbranched alkanes of at least 4 members (excludes halogenated alkanes) is 1. The molecule has 25 heavy (non-hydrogen) atoms. The molecule has 4 heteroatoms. The third-order valence-electron chi connectivity index (χ3n) is 5.29. The van der Waals surface area contributed by atoms with Crippen molar-refractivity contribution in [2.75, 3.05) is 13.6 Å². The Morgan fingerprint density at radius 1 is 1.28 bits per heavy atom. The molecule has 0 N–H and O–H groups in total. The molecule has 2 heterocycles. The number of carbonyl (C=O) groups is 1. The van der Waals surface area contributed by atoms with Crippen LogP contribution >= 0.6 is 12.4 Å². The minimum Gasteiger partial charge on any atom is -0.313 e. The molecule has 1 aromatic rings.